The standard InChI is InChI=1S/C15H10Cl2N2O/c1-8-2-3-9(16)6-10(8)14(20)11-7-19-15-13(11)12(17)4-5-18-15/h2-7H,1H3,(H,18,19). The van der Waals surface area contributed by atoms with Crippen LogP contribution in [0.2, 0.25) is 10.0 Å². The molecule has 5 heteroatoms. The maximum atomic E-state index is 12.7. The zero-order valence-electron chi connectivity index (χ0n) is 10.6. The summed E-state index contributed by atoms with van der Waals surface area (Å²) in [6.45, 7) is 1.87. The van der Waals surface area contributed by atoms with Crippen LogP contribution in [0.4, 0.5) is 0 Å². The molecule has 3 aromatic rings. The molecule has 20 heavy (non-hydrogen) atoms. The van der Waals surface area contributed by atoms with Crippen molar-refractivity contribution in [2.45, 2.75) is 6.92 Å². The van der Waals surface area contributed by atoms with Crippen LogP contribution in [-0.4, -0.2) is 15.8 Å². The minimum absolute atomic E-state index is 0.119. The fraction of sp³-hybridized carbons (Fsp3) is 0.0667. The molecule has 0 spiro atoms. The van der Waals surface area contributed by atoms with Gasteiger partial charge in [0.25, 0.3) is 0 Å². The quantitative estimate of drug-likeness (QED) is 0.713. The number of aryl methyl sites for hydroxylation is 1. The summed E-state index contributed by atoms with van der Waals surface area (Å²) in [5.74, 6) is -0.119. The normalized spacial score (nSPS) is 10.9. The molecule has 0 fully saturated rings. The van der Waals surface area contributed by atoms with Gasteiger partial charge < -0.3 is 4.98 Å². The van der Waals surface area contributed by atoms with E-state index in [-0.39, 0.29) is 5.78 Å². The van der Waals surface area contributed by atoms with E-state index in [4.69, 9.17) is 23.2 Å². The molecule has 3 rings (SSSR count). The van der Waals surface area contributed by atoms with E-state index in [1.807, 2.05) is 13.0 Å². The van der Waals surface area contributed by atoms with Gasteiger partial charge in [0.15, 0.2) is 5.78 Å². The number of rotatable bonds is 2. The van der Waals surface area contributed by atoms with E-state index in [0.29, 0.717) is 32.2 Å². The number of carbonyl (C=O) groups is 1. The van der Waals surface area contributed by atoms with Crippen molar-refractivity contribution in [2.75, 3.05) is 0 Å². The number of pyridine rings is 1. The number of nitrogens with zero attached hydrogens (tertiary/aromatic N) is 1. The van der Waals surface area contributed by atoms with E-state index in [0.717, 1.165) is 5.56 Å². The number of hydrogen-bond donors (Lipinski definition) is 1. The molecule has 0 amide bonds. The van der Waals surface area contributed by atoms with Gasteiger partial charge in [-0.15, -0.1) is 0 Å². The monoisotopic (exact) mass is 304 g/mol. The van der Waals surface area contributed by atoms with Crippen molar-refractivity contribution in [2.24, 2.45) is 0 Å². The molecule has 2 heterocycles. The van der Waals surface area contributed by atoms with Gasteiger partial charge in [0.05, 0.1) is 10.6 Å². The van der Waals surface area contributed by atoms with Crippen molar-refractivity contribution >= 4 is 40.0 Å². The third-order valence-electron chi connectivity index (χ3n) is 3.21. The van der Waals surface area contributed by atoms with Crippen LogP contribution in [0.1, 0.15) is 21.5 Å². The van der Waals surface area contributed by atoms with E-state index in [1.54, 1.807) is 30.6 Å². The molecule has 1 N–H and O–H groups in total. The van der Waals surface area contributed by atoms with Crippen molar-refractivity contribution in [1.82, 2.24) is 9.97 Å². The first-order valence-corrected chi connectivity index (χ1v) is 6.76. The molecule has 0 radical (unpaired) electrons. The Hall–Kier alpha value is -1.84. The van der Waals surface area contributed by atoms with Crippen LogP contribution in [0.5, 0.6) is 0 Å². The summed E-state index contributed by atoms with van der Waals surface area (Å²) in [4.78, 5) is 19.8. The number of ketones is 1. The molecule has 0 saturated heterocycles. The van der Waals surface area contributed by atoms with Crippen LogP contribution in [0.3, 0.4) is 0 Å². The summed E-state index contributed by atoms with van der Waals surface area (Å²) in [5, 5.41) is 1.67. The number of carbonyl (C=O) groups excluding carboxylic acids is 1. The Kier molecular flexibility index (Phi) is 3.24. The van der Waals surface area contributed by atoms with Crippen LogP contribution in [-0.2, 0) is 0 Å². The van der Waals surface area contributed by atoms with Crippen molar-refractivity contribution < 1.29 is 4.79 Å². The number of aromatic nitrogens is 2. The lowest BCUT2D eigenvalue weighted by molar-refractivity contribution is 0.103. The number of H-pyrrole nitrogens is 1. The number of benzene rings is 1. The molecule has 3 nitrogen and oxygen atoms in total. The van der Waals surface area contributed by atoms with Gasteiger partial charge in [-0.05, 0) is 30.7 Å². The van der Waals surface area contributed by atoms with Gasteiger partial charge >= 0.3 is 0 Å². The topological polar surface area (TPSA) is 45.8 Å². The number of nitrogens with one attached hydrogen (secondary N) is 1. The number of fused-ring (bicyclic) bond motifs is 1. The first-order chi connectivity index (χ1) is 9.58. The number of hydrogen-bond acceptors (Lipinski definition) is 2. The zero-order chi connectivity index (χ0) is 14.3. The van der Waals surface area contributed by atoms with E-state index >= 15 is 0 Å². The van der Waals surface area contributed by atoms with Crippen LogP contribution in [0.15, 0.2) is 36.7 Å². The highest BCUT2D eigenvalue weighted by Gasteiger charge is 2.18. The van der Waals surface area contributed by atoms with Gasteiger partial charge in [0.1, 0.15) is 5.65 Å². The lowest BCUT2D eigenvalue weighted by Crippen LogP contribution is -2.03. The average Bonchev–Trinajstić information content (AvgIpc) is 2.86. The predicted molar refractivity (Wildman–Crippen MR) is 80.7 cm³/mol. The second kappa shape index (κ2) is 4.93. The Bertz CT molecular complexity index is 824. The Labute approximate surface area is 125 Å². The molecule has 0 aliphatic heterocycles. The van der Waals surface area contributed by atoms with E-state index in [9.17, 15) is 4.79 Å². The van der Waals surface area contributed by atoms with Gasteiger partial charge in [-0.25, -0.2) is 4.98 Å². The largest absolute Gasteiger partial charge is 0.345 e. The highest BCUT2D eigenvalue weighted by atomic mass is 35.5. The fourth-order valence-corrected chi connectivity index (χ4v) is 2.60. The van der Waals surface area contributed by atoms with Gasteiger partial charge in [0.2, 0.25) is 0 Å². The Balaban J connectivity index is 2.21. The Morgan fingerprint density at radius 2 is 2.00 bits per heavy atom. The molecule has 0 bridgehead atoms. The third kappa shape index (κ3) is 2.09. The van der Waals surface area contributed by atoms with Gasteiger partial charge in [-0.2, -0.15) is 0 Å². The van der Waals surface area contributed by atoms with Gasteiger partial charge in [-0.1, -0.05) is 29.3 Å². The highest BCUT2D eigenvalue weighted by Crippen LogP contribution is 2.28. The Morgan fingerprint density at radius 1 is 1.20 bits per heavy atom. The minimum Gasteiger partial charge on any atom is -0.345 e. The third-order valence-corrected chi connectivity index (χ3v) is 3.76. The summed E-state index contributed by atoms with van der Waals surface area (Å²) in [5.41, 5.74) is 2.54. The summed E-state index contributed by atoms with van der Waals surface area (Å²) in [6, 6.07) is 6.92. The smallest absolute Gasteiger partial charge is 0.195 e. The van der Waals surface area contributed by atoms with E-state index in [2.05, 4.69) is 9.97 Å². The first-order valence-electron chi connectivity index (χ1n) is 6.00. The highest BCUT2D eigenvalue weighted by molar-refractivity contribution is 6.37. The molecular formula is C15H10Cl2N2O. The lowest BCUT2D eigenvalue weighted by atomic mass is 9.99. The maximum Gasteiger partial charge on any atom is 0.195 e. The fourth-order valence-electron chi connectivity index (χ4n) is 2.18. The molecular weight excluding hydrogens is 295 g/mol. The molecule has 0 unspecified atom stereocenters. The SMILES string of the molecule is Cc1ccc(Cl)cc1C(=O)c1c[nH]c2nccc(Cl)c12. The Morgan fingerprint density at radius 3 is 2.80 bits per heavy atom. The first kappa shape index (κ1) is 13.2. The second-order valence-corrected chi connectivity index (χ2v) is 5.35. The van der Waals surface area contributed by atoms with E-state index < -0.39 is 0 Å². The maximum absolute atomic E-state index is 12.7. The number of halogens is 2. The van der Waals surface area contributed by atoms with Gasteiger partial charge in [0, 0.05) is 28.4 Å². The summed E-state index contributed by atoms with van der Waals surface area (Å²) in [7, 11) is 0. The number of aromatic amines is 1. The molecule has 2 aromatic heterocycles. The van der Waals surface area contributed by atoms with Crippen molar-refractivity contribution in [1.29, 1.82) is 0 Å². The van der Waals surface area contributed by atoms with Crippen molar-refractivity contribution in [3.63, 3.8) is 0 Å². The predicted octanol–water partition coefficient (Wildman–Crippen LogP) is 4.41. The van der Waals surface area contributed by atoms with Gasteiger partial charge in [-0.3, -0.25) is 4.79 Å². The van der Waals surface area contributed by atoms with Crippen molar-refractivity contribution in [3.05, 3.63) is 63.4 Å². The molecule has 0 aliphatic rings. The van der Waals surface area contributed by atoms with Crippen molar-refractivity contribution in [3.8, 4) is 0 Å². The van der Waals surface area contributed by atoms with Crippen LogP contribution in [0.25, 0.3) is 11.0 Å². The summed E-state index contributed by atoms with van der Waals surface area (Å²) in [6.07, 6.45) is 3.23. The summed E-state index contributed by atoms with van der Waals surface area (Å²) >= 11 is 12.1. The molecule has 0 atom stereocenters. The molecule has 100 valence electrons. The molecule has 0 aliphatic carbocycles. The molecule has 1 aromatic carbocycles. The zero-order valence-corrected chi connectivity index (χ0v) is 12.1. The van der Waals surface area contributed by atoms with Crippen LogP contribution < -0.4 is 0 Å². The van der Waals surface area contributed by atoms with E-state index in [1.165, 1.54) is 0 Å². The van der Waals surface area contributed by atoms with Crippen LogP contribution in [0, 0.1) is 6.92 Å². The van der Waals surface area contributed by atoms with Crippen LogP contribution >= 0.6 is 23.2 Å². The summed E-state index contributed by atoms with van der Waals surface area (Å²) < 4.78 is 0. The second-order valence-electron chi connectivity index (χ2n) is 4.51. The molecule has 0 saturated carbocycles. The minimum atomic E-state index is -0.119. The average molecular weight is 305 g/mol. The lowest BCUT2D eigenvalue weighted by Gasteiger charge is -2.05.